The van der Waals surface area contributed by atoms with Gasteiger partial charge >= 0.3 is 0 Å². The summed E-state index contributed by atoms with van der Waals surface area (Å²) in [6.45, 7) is 3.55. The second-order valence-corrected chi connectivity index (χ2v) is 3.63. The molecule has 1 N–H and O–H groups in total. The van der Waals surface area contributed by atoms with Crippen molar-refractivity contribution < 1.29 is 9.90 Å². The minimum Gasteiger partial charge on any atom is -0.390 e. The molecule has 0 aliphatic heterocycles. The quantitative estimate of drug-likeness (QED) is 0.595. The molecule has 2 nitrogen and oxygen atoms in total. The zero-order valence-electron chi connectivity index (χ0n) is 6.55. The van der Waals surface area contributed by atoms with E-state index in [4.69, 9.17) is 0 Å². The van der Waals surface area contributed by atoms with Gasteiger partial charge in [0.25, 0.3) is 0 Å². The summed E-state index contributed by atoms with van der Waals surface area (Å²) in [5, 5.41) is 9.48. The van der Waals surface area contributed by atoms with Gasteiger partial charge in [0.05, 0.1) is 5.60 Å². The van der Waals surface area contributed by atoms with Crippen molar-refractivity contribution in [2.24, 2.45) is 5.92 Å². The van der Waals surface area contributed by atoms with Crippen molar-refractivity contribution in [2.45, 2.75) is 38.7 Å². The molecule has 1 aliphatic carbocycles. The molecule has 1 rings (SSSR count). The highest BCUT2D eigenvalue weighted by atomic mass is 16.3. The molecule has 0 aromatic heterocycles. The molecular formula is C8H14O2. The number of hydrogen-bond acceptors (Lipinski definition) is 2. The first-order valence-electron chi connectivity index (χ1n) is 3.74. The lowest BCUT2D eigenvalue weighted by atomic mass is 9.90. The van der Waals surface area contributed by atoms with E-state index in [9.17, 15) is 9.90 Å². The largest absolute Gasteiger partial charge is 0.390 e. The first kappa shape index (κ1) is 7.73. The maximum atomic E-state index is 10.8. The standard InChI is InChI=1S/C8H14O2/c1-8(2,10)6-3-4-7(9)5-6/h6,10H,3-5H2,1-2H3/t6-/m0/s1. The lowest BCUT2D eigenvalue weighted by Gasteiger charge is -2.23. The van der Waals surface area contributed by atoms with Crippen LogP contribution < -0.4 is 0 Å². The predicted molar refractivity (Wildman–Crippen MR) is 38.6 cm³/mol. The van der Waals surface area contributed by atoms with Crippen LogP contribution in [0.2, 0.25) is 0 Å². The summed E-state index contributed by atoms with van der Waals surface area (Å²) in [6, 6.07) is 0. The summed E-state index contributed by atoms with van der Waals surface area (Å²) >= 11 is 0. The van der Waals surface area contributed by atoms with Crippen LogP contribution in [0.15, 0.2) is 0 Å². The molecule has 0 heterocycles. The molecule has 0 spiro atoms. The van der Waals surface area contributed by atoms with Gasteiger partial charge in [-0.15, -0.1) is 0 Å². The van der Waals surface area contributed by atoms with E-state index < -0.39 is 5.60 Å². The highest BCUT2D eigenvalue weighted by Crippen LogP contribution is 2.31. The maximum Gasteiger partial charge on any atom is 0.133 e. The monoisotopic (exact) mass is 142 g/mol. The van der Waals surface area contributed by atoms with E-state index in [0.717, 1.165) is 6.42 Å². The lowest BCUT2D eigenvalue weighted by molar-refractivity contribution is -0.118. The van der Waals surface area contributed by atoms with Crippen LogP contribution in [0, 0.1) is 5.92 Å². The van der Waals surface area contributed by atoms with Gasteiger partial charge in [0, 0.05) is 12.8 Å². The summed E-state index contributed by atoms with van der Waals surface area (Å²) in [5.41, 5.74) is -0.661. The Hall–Kier alpha value is -0.370. The Labute approximate surface area is 61.2 Å². The van der Waals surface area contributed by atoms with Gasteiger partial charge in [-0.1, -0.05) is 0 Å². The average Bonchev–Trinajstić information content (AvgIpc) is 2.11. The molecule has 0 saturated heterocycles. The van der Waals surface area contributed by atoms with E-state index in [1.807, 2.05) is 0 Å². The van der Waals surface area contributed by atoms with Crippen LogP contribution in [-0.2, 0) is 4.79 Å². The molecule has 0 radical (unpaired) electrons. The van der Waals surface area contributed by atoms with Crippen molar-refractivity contribution in [3.8, 4) is 0 Å². The van der Waals surface area contributed by atoms with E-state index in [0.29, 0.717) is 18.6 Å². The third-order valence-corrected chi connectivity index (χ3v) is 2.24. The molecule has 0 aromatic carbocycles. The number of aliphatic hydroxyl groups is 1. The summed E-state index contributed by atoms with van der Waals surface area (Å²) in [6.07, 6.45) is 2.10. The maximum absolute atomic E-state index is 10.8. The second-order valence-electron chi connectivity index (χ2n) is 3.63. The molecule has 1 aliphatic rings. The fraction of sp³-hybridized carbons (Fsp3) is 0.875. The van der Waals surface area contributed by atoms with Crippen molar-refractivity contribution in [3.05, 3.63) is 0 Å². The number of ketones is 1. The highest BCUT2D eigenvalue weighted by molar-refractivity contribution is 5.80. The van der Waals surface area contributed by atoms with E-state index >= 15 is 0 Å². The zero-order valence-corrected chi connectivity index (χ0v) is 6.55. The summed E-state index contributed by atoms with van der Waals surface area (Å²) in [7, 11) is 0. The van der Waals surface area contributed by atoms with Crippen LogP contribution >= 0.6 is 0 Å². The van der Waals surface area contributed by atoms with Crippen molar-refractivity contribution in [1.82, 2.24) is 0 Å². The molecule has 2 heteroatoms. The van der Waals surface area contributed by atoms with Gasteiger partial charge in [-0.3, -0.25) is 4.79 Å². The fourth-order valence-electron chi connectivity index (χ4n) is 1.42. The third kappa shape index (κ3) is 1.57. The molecule has 0 unspecified atom stereocenters. The lowest BCUT2D eigenvalue weighted by Crippen LogP contribution is -2.28. The van der Waals surface area contributed by atoms with Crippen LogP contribution in [0.4, 0.5) is 0 Å². The van der Waals surface area contributed by atoms with Crippen LogP contribution in [-0.4, -0.2) is 16.5 Å². The first-order valence-corrected chi connectivity index (χ1v) is 3.74. The Balaban J connectivity index is 2.53. The number of Topliss-reactive ketones (excluding diaryl/α,β-unsaturated/α-hetero) is 1. The van der Waals surface area contributed by atoms with Gasteiger partial charge in [-0.05, 0) is 26.2 Å². The Morgan fingerprint density at radius 2 is 2.20 bits per heavy atom. The third-order valence-electron chi connectivity index (χ3n) is 2.24. The summed E-state index contributed by atoms with van der Waals surface area (Å²) in [5.74, 6) is 0.493. The topological polar surface area (TPSA) is 37.3 Å². The second kappa shape index (κ2) is 2.35. The zero-order chi connectivity index (χ0) is 7.78. The van der Waals surface area contributed by atoms with Crippen molar-refractivity contribution in [1.29, 1.82) is 0 Å². The van der Waals surface area contributed by atoms with Gasteiger partial charge in [0.2, 0.25) is 0 Å². The molecule has 1 saturated carbocycles. The van der Waals surface area contributed by atoms with Crippen LogP contribution in [0.25, 0.3) is 0 Å². The van der Waals surface area contributed by atoms with E-state index in [-0.39, 0.29) is 5.92 Å². The van der Waals surface area contributed by atoms with Gasteiger partial charge < -0.3 is 5.11 Å². The molecule has 0 amide bonds. The van der Waals surface area contributed by atoms with E-state index in [1.54, 1.807) is 13.8 Å². The summed E-state index contributed by atoms with van der Waals surface area (Å²) < 4.78 is 0. The van der Waals surface area contributed by atoms with Gasteiger partial charge in [-0.25, -0.2) is 0 Å². The van der Waals surface area contributed by atoms with Crippen molar-refractivity contribution >= 4 is 5.78 Å². The molecule has 1 fully saturated rings. The van der Waals surface area contributed by atoms with Crippen LogP contribution in [0.5, 0.6) is 0 Å². The molecule has 0 bridgehead atoms. The van der Waals surface area contributed by atoms with Crippen LogP contribution in [0.1, 0.15) is 33.1 Å². The van der Waals surface area contributed by atoms with E-state index in [1.165, 1.54) is 0 Å². The fourth-order valence-corrected chi connectivity index (χ4v) is 1.42. The van der Waals surface area contributed by atoms with Crippen molar-refractivity contribution in [3.63, 3.8) is 0 Å². The molecule has 10 heavy (non-hydrogen) atoms. The highest BCUT2D eigenvalue weighted by Gasteiger charge is 2.33. The Bertz CT molecular complexity index is 144. The normalized spacial score (nSPS) is 27.5. The van der Waals surface area contributed by atoms with Gasteiger partial charge in [-0.2, -0.15) is 0 Å². The van der Waals surface area contributed by atoms with Gasteiger partial charge in [0.15, 0.2) is 0 Å². The SMILES string of the molecule is CC(C)(O)[C@H]1CCC(=O)C1. The first-order chi connectivity index (χ1) is 4.50. The van der Waals surface area contributed by atoms with Gasteiger partial charge in [0.1, 0.15) is 5.78 Å². The predicted octanol–water partition coefficient (Wildman–Crippen LogP) is 1.13. The summed E-state index contributed by atoms with van der Waals surface area (Å²) in [4.78, 5) is 10.8. The number of rotatable bonds is 1. The molecule has 1 atom stereocenters. The van der Waals surface area contributed by atoms with E-state index in [2.05, 4.69) is 0 Å². The molecular weight excluding hydrogens is 128 g/mol. The average molecular weight is 142 g/mol. The minimum absolute atomic E-state index is 0.194. The number of carbonyl (C=O) groups is 1. The Kier molecular flexibility index (Phi) is 1.82. The van der Waals surface area contributed by atoms with Crippen molar-refractivity contribution in [2.75, 3.05) is 0 Å². The molecule has 0 aromatic rings. The van der Waals surface area contributed by atoms with Crippen LogP contribution in [0.3, 0.4) is 0 Å². The minimum atomic E-state index is -0.661. The smallest absolute Gasteiger partial charge is 0.133 e. The Morgan fingerprint density at radius 3 is 2.40 bits per heavy atom. The Morgan fingerprint density at radius 1 is 1.60 bits per heavy atom. The number of carbonyl (C=O) groups excluding carboxylic acids is 1. The molecule has 58 valence electrons. The number of hydrogen-bond donors (Lipinski definition) is 1.